The number of aliphatic hydroxyl groups is 1. The molecule has 0 spiro atoms. The van der Waals surface area contributed by atoms with Crippen molar-refractivity contribution >= 4 is 5.91 Å². The van der Waals surface area contributed by atoms with Crippen LogP contribution in [0.3, 0.4) is 0 Å². The van der Waals surface area contributed by atoms with E-state index in [0.29, 0.717) is 12.8 Å². The molecule has 0 aliphatic heterocycles. The first kappa shape index (κ1) is 12.5. The second-order valence-corrected chi connectivity index (χ2v) is 4.67. The van der Waals surface area contributed by atoms with E-state index in [9.17, 15) is 4.79 Å². The van der Waals surface area contributed by atoms with Crippen molar-refractivity contribution in [3.05, 3.63) is 0 Å². The molecule has 2 N–H and O–H groups in total. The summed E-state index contributed by atoms with van der Waals surface area (Å²) >= 11 is 0. The van der Waals surface area contributed by atoms with Crippen molar-refractivity contribution in [2.75, 3.05) is 6.61 Å². The number of aliphatic hydroxyl groups excluding tert-OH is 1. The zero-order valence-corrected chi connectivity index (χ0v) is 9.67. The first-order valence-corrected chi connectivity index (χ1v) is 6.12. The molecule has 0 heterocycles. The summed E-state index contributed by atoms with van der Waals surface area (Å²) in [5, 5.41) is 11.6. The minimum Gasteiger partial charge on any atom is -0.396 e. The van der Waals surface area contributed by atoms with Gasteiger partial charge in [-0.15, -0.1) is 0 Å². The van der Waals surface area contributed by atoms with Crippen LogP contribution in [0.1, 0.15) is 51.9 Å². The normalized spacial score (nSPS) is 19.1. The predicted molar refractivity (Wildman–Crippen MR) is 60.5 cm³/mol. The van der Waals surface area contributed by atoms with Crippen LogP contribution in [0.25, 0.3) is 0 Å². The monoisotopic (exact) mass is 213 g/mol. The van der Waals surface area contributed by atoms with Crippen molar-refractivity contribution in [1.29, 1.82) is 0 Å². The molecule has 1 fully saturated rings. The third kappa shape index (κ3) is 5.17. The van der Waals surface area contributed by atoms with Crippen LogP contribution in [0.4, 0.5) is 0 Å². The lowest BCUT2D eigenvalue weighted by Crippen LogP contribution is -2.33. The summed E-state index contributed by atoms with van der Waals surface area (Å²) in [5.74, 6) is 0.923. The van der Waals surface area contributed by atoms with E-state index in [1.807, 2.05) is 6.92 Å². The van der Waals surface area contributed by atoms with E-state index >= 15 is 0 Å². The molecule has 3 nitrogen and oxygen atoms in total. The molecule has 1 rings (SSSR count). The van der Waals surface area contributed by atoms with Gasteiger partial charge in [0.15, 0.2) is 0 Å². The minimum atomic E-state index is 0.103. The zero-order chi connectivity index (χ0) is 11.1. The van der Waals surface area contributed by atoms with Crippen LogP contribution >= 0.6 is 0 Å². The lowest BCUT2D eigenvalue weighted by atomic mass is 10.0. The summed E-state index contributed by atoms with van der Waals surface area (Å²) in [7, 11) is 0. The van der Waals surface area contributed by atoms with Crippen molar-refractivity contribution in [3.63, 3.8) is 0 Å². The Hall–Kier alpha value is -0.570. The Balaban J connectivity index is 2.07. The van der Waals surface area contributed by atoms with E-state index in [1.165, 1.54) is 25.7 Å². The molecule has 88 valence electrons. The van der Waals surface area contributed by atoms with Crippen molar-refractivity contribution in [1.82, 2.24) is 5.32 Å². The Morgan fingerprint density at radius 2 is 2.13 bits per heavy atom. The second-order valence-electron chi connectivity index (χ2n) is 4.67. The van der Waals surface area contributed by atoms with Crippen LogP contribution in [-0.2, 0) is 4.79 Å². The van der Waals surface area contributed by atoms with Crippen LogP contribution in [0, 0.1) is 5.92 Å². The zero-order valence-electron chi connectivity index (χ0n) is 9.67. The summed E-state index contributed by atoms with van der Waals surface area (Å²) in [6, 6.07) is 0.103. The van der Waals surface area contributed by atoms with Crippen molar-refractivity contribution in [3.8, 4) is 0 Å². The maximum atomic E-state index is 11.5. The first-order chi connectivity index (χ1) is 7.22. The smallest absolute Gasteiger partial charge is 0.220 e. The summed E-state index contributed by atoms with van der Waals surface area (Å²) in [4.78, 5) is 11.5. The highest BCUT2D eigenvalue weighted by atomic mass is 16.3. The first-order valence-electron chi connectivity index (χ1n) is 6.12. The van der Waals surface area contributed by atoms with Gasteiger partial charge in [0.2, 0.25) is 5.91 Å². The van der Waals surface area contributed by atoms with Gasteiger partial charge in [-0.3, -0.25) is 4.79 Å². The third-order valence-electron chi connectivity index (χ3n) is 3.22. The fourth-order valence-electron chi connectivity index (χ4n) is 2.25. The van der Waals surface area contributed by atoms with Gasteiger partial charge in [-0.2, -0.15) is 0 Å². The van der Waals surface area contributed by atoms with E-state index in [0.717, 1.165) is 12.3 Å². The van der Waals surface area contributed by atoms with Gasteiger partial charge in [-0.05, 0) is 25.7 Å². The van der Waals surface area contributed by atoms with E-state index < -0.39 is 0 Å². The highest BCUT2D eigenvalue weighted by molar-refractivity contribution is 5.76. The van der Waals surface area contributed by atoms with Gasteiger partial charge in [0.1, 0.15) is 0 Å². The van der Waals surface area contributed by atoms with E-state index in [4.69, 9.17) is 5.11 Å². The van der Waals surface area contributed by atoms with Crippen LogP contribution in [0.2, 0.25) is 0 Å². The van der Waals surface area contributed by atoms with Crippen molar-refractivity contribution in [2.45, 2.75) is 57.9 Å². The van der Waals surface area contributed by atoms with Gasteiger partial charge < -0.3 is 10.4 Å². The Labute approximate surface area is 92.3 Å². The molecule has 3 heteroatoms. The minimum absolute atomic E-state index is 0.103. The molecule has 0 bridgehead atoms. The molecule has 0 aromatic carbocycles. The number of hydrogen-bond donors (Lipinski definition) is 2. The summed E-state index contributed by atoms with van der Waals surface area (Å²) in [6.07, 6.45) is 7.63. The molecule has 1 saturated carbocycles. The fraction of sp³-hybridized carbons (Fsp3) is 0.917. The van der Waals surface area contributed by atoms with Gasteiger partial charge in [-0.25, -0.2) is 0 Å². The largest absolute Gasteiger partial charge is 0.396 e. The summed E-state index contributed by atoms with van der Waals surface area (Å²) < 4.78 is 0. The molecule has 0 aromatic rings. The average Bonchev–Trinajstić information content (AvgIpc) is 2.67. The number of rotatable bonds is 6. The van der Waals surface area contributed by atoms with Gasteiger partial charge in [0.25, 0.3) is 0 Å². The Morgan fingerprint density at radius 3 is 2.73 bits per heavy atom. The highest BCUT2D eigenvalue weighted by Crippen LogP contribution is 2.28. The molecule has 0 saturated heterocycles. The van der Waals surface area contributed by atoms with Gasteiger partial charge in [-0.1, -0.05) is 25.7 Å². The topological polar surface area (TPSA) is 49.3 Å². The van der Waals surface area contributed by atoms with E-state index in [-0.39, 0.29) is 18.6 Å². The SMILES string of the molecule is CC(CCO)NC(=O)CCC1CCCC1. The molecule has 1 atom stereocenters. The highest BCUT2D eigenvalue weighted by Gasteiger charge is 2.16. The summed E-state index contributed by atoms with van der Waals surface area (Å²) in [5.41, 5.74) is 0. The third-order valence-corrected chi connectivity index (χ3v) is 3.22. The maximum Gasteiger partial charge on any atom is 0.220 e. The molecular weight excluding hydrogens is 190 g/mol. The Morgan fingerprint density at radius 1 is 1.47 bits per heavy atom. The maximum absolute atomic E-state index is 11.5. The van der Waals surface area contributed by atoms with E-state index in [2.05, 4.69) is 5.32 Å². The van der Waals surface area contributed by atoms with Crippen LogP contribution in [-0.4, -0.2) is 23.7 Å². The second kappa shape index (κ2) is 6.83. The van der Waals surface area contributed by atoms with E-state index in [1.54, 1.807) is 0 Å². The fourth-order valence-corrected chi connectivity index (χ4v) is 2.25. The lowest BCUT2D eigenvalue weighted by Gasteiger charge is -2.13. The standard InChI is InChI=1S/C12H23NO2/c1-10(8-9-14)13-12(15)7-6-11-4-2-3-5-11/h10-11,14H,2-9H2,1H3,(H,13,15). The Bertz CT molecular complexity index is 188. The lowest BCUT2D eigenvalue weighted by molar-refractivity contribution is -0.122. The molecule has 1 aliphatic rings. The molecule has 1 aliphatic carbocycles. The number of carbonyl (C=O) groups is 1. The number of nitrogens with one attached hydrogen (secondary N) is 1. The van der Waals surface area contributed by atoms with Crippen molar-refractivity contribution < 1.29 is 9.90 Å². The molecule has 0 radical (unpaired) electrons. The van der Waals surface area contributed by atoms with Crippen molar-refractivity contribution in [2.24, 2.45) is 5.92 Å². The van der Waals surface area contributed by atoms with Gasteiger partial charge in [0, 0.05) is 19.1 Å². The van der Waals surface area contributed by atoms with Crippen LogP contribution in [0.5, 0.6) is 0 Å². The molecular formula is C12H23NO2. The number of carbonyl (C=O) groups excluding carboxylic acids is 1. The predicted octanol–water partition coefficient (Wildman–Crippen LogP) is 1.84. The van der Waals surface area contributed by atoms with Gasteiger partial charge >= 0.3 is 0 Å². The van der Waals surface area contributed by atoms with Crippen LogP contribution < -0.4 is 5.32 Å². The van der Waals surface area contributed by atoms with Crippen LogP contribution in [0.15, 0.2) is 0 Å². The Kier molecular flexibility index (Phi) is 5.69. The quantitative estimate of drug-likeness (QED) is 0.707. The van der Waals surface area contributed by atoms with Gasteiger partial charge in [0.05, 0.1) is 0 Å². The number of amides is 1. The average molecular weight is 213 g/mol. The molecule has 1 amide bonds. The molecule has 1 unspecified atom stereocenters. The molecule has 15 heavy (non-hydrogen) atoms. The molecule has 0 aromatic heterocycles. The number of hydrogen-bond acceptors (Lipinski definition) is 2. The summed E-state index contributed by atoms with van der Waals surface area (Å²) in [6.45, 7) is 2.08.